The molecule has 0 aliphatic carbocycles. The molecular formula is C14H21NO6S2. The van der Waals surface area contributed by atoms with Crippen LogP contribution in [0.3, 0.4) is 0 Å². The van der Waals surface area contributed by atoms with Crippen molar-refractivity contribution in [1.82, 2.24) is 0 Å². The second-order valence-corrected chi connectivity index (χ2v) is 9.36. The highest BCUT2D eigenvalue weighted by Crippen LogP contribution is 2.47. The van der Waals surface area contributed by atoms with Gasteiger partial charge in [-0.3, -0.25) is 9.11 Å². The zero-order valence-electron chi connectivity index (χ0n) is 13.2. The SMILES string of the molecule is CC1c2cc(S(=O)(=O)O)ccc2N(CCCS(=O)(=O)O)C1(C)C. The van der Waals surface area contributed by atoms with Crippen LogP contribution in [0.15, 0.2) is 23.1 Å². The Hall–Kier alpha value is -1.16. The van der Waals surface area contributed by atoms with Crippen LogP contribution < -0.4 is 4.90 Å². The number of benzene rings is 1. The Morgan fingerprint density at radius 1 is 1.17 bits per heavy atom. The van der Waals surface area contributed by atoms with Gasteiger partial charge in [0.05, 0.1) is 10.6 Å². The van der Waals surface area contributed by atoms with E-state index in [9.17, 15) is 21.4 Å². The van der Waals surface area contributed by atoms with Crippen molar-refractivity contribution in [3.05, 3.63) is 23.8 Å². The molecule has 0 amide bonds. The van der Waals surface area contributed by atoms with Crippen molar-refractivity contribution in [2.24, 2.45) is 0 Å². The quantitative estimate of drug-likeness (QED) is 0.769. The lowest BCUT2D eigenvalue weighted by molar-refractivity contribution is 0.420. The lowest BCUT2D eigenvalue weighted by atomic mass is 9.87. The van der Waals surface area contributed by atoms with Gasteiger partial charge in [0.1, 0.15) is 0 Å². The molecule has 0 spiro atoms. The smallest absolute Gasteiger partial charge is 0.294 e. The van der Waals surface area contributed by atoms with E-state index in [0.717, 1.165) is 11.3 Å². The summed E-state index contributed by atoms with van der Waals surface area (Å²) in [5, 5.41) is 0. The lowest BCUT2D eigenvalue weighted by Gasteiger charge is -2.37. The first-order valence-corrected chi connectivity index (χ1v) is 10.2. The molecule has 23 heavy (non-hydrogen) atoms. The minimum Gasteiger partial charge on any atom is -0.366 e. The molecule has 9 heteroatoms. The summed E-state index contributed by atoms with van der Waals surface area (Å²) in [4.78, 5) is 1.85. The average Bonchev–Trinajstić information content (AvgIpc) is 2.57. The molecule has 130 valence electrons. The highest BCUT2D eigenvalue weighted by molar-refractivity contribution is 7.86. The molecule has 0 aromatic heterocycles. The third kappa shape index (κ3) is 3.68. The second-order valence-electron chi connectivity index (χ2n) is 6.36. The molecule has 0 saturated carbocycles. The molecule has 0 bridgehead atoms. The van der Waals surface area contributed by atoms with E-state index in [-0.39, 0.29) is 28.5 Å². The summed E-state index contributed by atoms with van der Waals surface area (Å²) in [5.74, 6) is -0.336. The van der Waals surface area contributed by atoms with E-state index in [1.54, 1.807) is 6.07 Å². The Kier molecular flexibility index (Phi) is 4.53. The summed E-state index contributed by atoms with van der Waals surface area (Å²) < 4.78 is 62.4. The number of nitrogens with zero attached hydrogens (tertiary/aromatic N) is 1. The number of anilines is 1. The van der Waals surface area contributed by atoms with Crippen molar-refractivity contribution in [2.45, 2.75) is 43.5 Å². The van der Waals surface area contributed by atoms with Gasteiger partial charge in [-0.15, -0.1) is 0 Å². The predicted molar refractivity (Wildman–Crippen MR) is 87.1 cm³/mol. The molecule has 1 unspecified atom stereocenters. The standard InChI is InChI=1S/C14H21NO6S2/c1-10-12-9-11(23(19,20)21)5-6-13(12)15(14(10,2)3)7-4-8-22(16,17)18/h5-6,9-10H,4,7-8H2,1-3H3,(H,16,17,18)(H,19,20,21). The zero-order valence-corrected chi connectivity index (χ0v) is 14.9. The van der Waals surface area contributed by atoms with Crippen molar-refractivity contribution < 1.29 is 25.9 Å². The van der Waals surface area contributed by atoms with E-state index < -0.39 is 20.2 Å². The van der Waals surface area contributed by atoms with Gasteiger partial charge in [-0.05, 0) is 44.0 Å². The van der Waals surface area contributed by atoms with E-state index >= 15 is 0 Å². The van der Waals surface area contributed by atoms with Crippen LogP contribution in [0, 0.1) is 0 Å². The molecule has 1 aromatic rings. The molecule has 1 aliphatic rings. The molecule has 0 radical (unpaired) electrons. The van der Waals surface area contributed by atoms with Gasteiger partial charge in [-0.1, -0.05) is 6.92 Å². The molecule has 0 fully saturated rings. The van der Waals surface area contributed by atoms with Crippen LogP contribution in [0.1, 0.15) is 38.7 Å². The van der Waals surface area contributed by atoms with E-state index in [2.05, 4.69) is 0 Å². The van der Waals surface area contributed by atoms with E-state index in [1.165, 1.54) is 12.1 Å². The molecule has 2 N–H and O–H groups in total. The monoisotopic (exact) mass is 363 g/mol. The Morgan fingerprint density at radius 2 is 1.78 bits per heavy atom. The van der Waals surface area contributed by atoms with Crippen LogP contribution >= 0.6 is 0 Å². The minimum absolute atomic E-state index is 0.00932. The lowest BCUT2D eigenvalue weighted by Crippen LogP contribution is -2.43. The third-order valence-corrected chi connectivity index (χ3v) is 6.25. The van der Waals surface area contributed by atoms with Crippen molar-refractivity contribution in [2.75, 3.05) is 17.2 Å². The summed E-state index contributed by atoms with van der Waals surface area (Å²) in [6.07, 6.45) is 0.258. The highest BCUT2D eigenvalue weighted by atomic mass is 32.2. The molecule has 2 rings (SSSR count). The fourth-order valence-electron chi connectivity index (χ4n) is 3.02. The minimum atomic E-state index is -4.27. The van der Waals surface area contributed by atoms with Crippen molar-refractivity contribution in [3.63, 3.8) is 0 Å². The summed E-state index contributed by atoms with van der Waals surface area (Å²) in [7, 11) is -8.28. The normalized spacial score (nSPS) is 20.6. The van der Waals surface area contributed by atoms with E-state index in [4.69, 9.17) is 4.55 Å². The number of hydrogen-bond donors (Lipinski definition) is 2. The first kappa shape index (κ1) is 18.2. The van der Waals surface area contributed by atoms with Gasteiger partial charge < -0.3 is 4.90 Å². The first-order valence-electron chi connectivity index (χ1n) is 7.18. The maximum absolute atomic E-state index is 11.3. The maximum Gasteiger partial charge on any atom is 0.294 e. The van der Waals surface area contributed by atoms with Crippen LogP contribution in [-0.4, -0.2) is 43.8 Å². The Morgan fingerprint density at radius 3 is 2.30 bits per heavy atom. The molecule has 1 aromatic carbocycles. The van der Waals surface area contributed by atoms with E-state index in [1.807, 2.05) is 25.7 Å². The van der Waals surface area contributed by atoms with Gasteiger partial charge in [0.2, 0.25) is 0 Å². The summed E-state index contributed by atoms with van der Waals surface area (Å²) in [5.41, 5.74) is 1.25. The van der Waals surface area contributed by atoms with Crippen LogP contribution in [0.2, 0.25) is 0 Å². The third-order valence-electron chi connectivity index (χ3n) is 4.59. The largest absolute Gasteiger partial charge is 0.366 e. The van der Waals surface area contributed by atoms with Gasteiger partial charge in [-0.2, -0.15) is 16.8 Å². The van der Waals surface area contributed by atoms with Gasteiger partial charge in [0.25, 0.3) is 20.2 Å². The Labute approximate surface area is 136 Å². The Balaban J connectivity index is 2.36. The van der Waals surface area contributed by atoms with Crippen LogP contribution in [-0.2, 0) is 20.2 Å². The maximum atomic E-state index is 11.3. The van der Waals surface area contributed by atoms with Crippen LogP contribution in [0.5, 0.6) is 0 Å². The molecular weight excluding hydrogens is 342 g/mol. The fourth-order valence-corrected chi connectivity index (χ4v) is 4.03. The summed E-state index contributed by atoms with van der Waals surface area (Å²) in [6, 6.07) is 4.41. The first-order chi connectivity index (χ1) is 10.3. The van der Waals surface area contributed by atoms with Gasteiger partial charge in [0.15, 0.2) is 0 Å². The van der Waals surface area contributed by atoms with Crippen molar-refractivity contribution in [1.29, 1.82) is 0 Å². The molecule has 1 heterocycles. The summed E-state index contributed by atoms with van der Waals surface area (Å²) in [6.45, 7) is 6.33. The van der Waals surface area contributed by atoms with Gasteiger partial charge in [-0.25, -0.2) is 0 Å². The van der Waals surface area contributed by atoms with Crippen LogP contribution in [0.4, 0.5) is 5.69 Å². The van der Waals surface area contributed by atoms with Gasteiger partial charge in [0, 0.05) is 23.7 Å². The summed E-state index contributed by atoms with van der Waals surface area (Å²) >= 11 is 0. The number of hydrogen-bond acceptors (Lipinski definition) is 5. The van der Waals surface area contributed by atoms with Crippen LogP contribution in [0.25, 0.3) is 0 Å². The highest BCUT2D eigenvalue weighted by Gasteiger charge is 2.42. The fraction of sp³-hybridized carbons (Fsp3) is 0.571. The number of fused-ring (bicyclic) bond motifs is 1. The second kappa shape index (κ2) is 5.73. The van der Waals surface area contributed by atoms with Crippen molar-refractivity contribution in [3.8, 4) is 0 Å². The molecule has 7 nitrogen and oxygen atoms in total. The number of rotatable bonds is 5. The Bertz CT molecular complexity index is 814. The van der Waals surface area contributed by atoms with Crippen molar-refractivity contribution >= 4 is 25.9 Å². The van der Waals surface area contributed by atoms with Gasteiger partial charge >= 0.3 is 0 Å². The average molecular weight is 363 g/mol. The molecule has 1 aliphatic heterocycles. The molecule has 0 saturated heterocycles. The van der Waals surface area contributed by atoms with E-state index in [0.29, 0.717) is 6.54 Å². The topological polar surface area (TPSA) is 112 Å². The zero-order chi connectivity index (χ0) is 17.6. The predicted octanol–water partition coefficient (Wildman–Crippen LogP) is 1.91. The molecule has 1 atom stereocenters.